The summed E-state index contributed by atoms with van der Waals surface area (Å²) in [6, 6.07) is 14.6. The van der Waals surface area contributed by atoms with E-state index >= 15 is 0 Å². The molecular weight excluding hydrogens is 441 g/mol. The largest absolute Gasteiger partial charge is 0.462 e. The minimum Gasteiger partial charge on any atom is -0.462 e. The molecule has 1 fully saturated rings. The van der Waals surface area contributed by atoms with Crippen molar-refractivity contribution in [3.05, 3.63) is 88.0 Å². The summed E-state index contributed by atoms with van der Waals surface area (Å²) in [5.41, 5.74) is 6.94. The van der Waals surface area contributed by atoms with Gasteiger partial charge in [-0.3, -0.25) is 4.98 Å². The number of rotatable bonds is 9. The molecule has 1 aliphatic carbocycles. The number of benzene rings is 2. The first-order valence-corrected chi connectivity index (χ1v) is 12.6. The SMILES string of the molecule is CCOC(=O)c1c(CC)nc(C2CCCC2)c(COCc2cccc(C)c2)c1-c1ccc(F)cc1. The summed E-state index contributed by atoms with van der Waals surface area (Å²) in [6.45, 7) is 6.91. The highest BCUT2D eigenvalue weighted by Crippen LogP contribution is 2.41. The first-order valence-electron chi connectivity index (χ1n) is 12.6. The van der Waals surface area contributed by atoms with Crippen molar-refractivity contribution in [2.24, 2.45) is 0 Å². The van der Waals surface area contributed by atoms with Crippen LogP contribution in [-0.2, 0) is 29.1 Å². The molecule has 0 radical (unpaired) electrons. The van der Waals surface area contributed by atoms with Gasteiger partial charge in [0, 0.05) is 22.7 Å². The third-order valence-corrected chi connectivity index (χ3v) is 6.69. The molecule has 4 nitrogen and oxygen atoms in total. The van der Waals surface area contributed by atoms with Gasteiger partial charge in [-0.1, -0.05) is 61.7 Å². The van der Waals surface area contributed by atoms with Crippen LogP contribution >= 0.6 is 0 Å². The lowest BCUT2D eigenvalue weighted by molar-refractivity contribution is 0.0524. The molecule has 1 heterocycles. The molecule has 0 bridgehead atoms. The number of aryl methyl sites for hydroxylation is 2. The Hall–Kier alpha value is -3.05. The molecule has 4 rings (SSSR count). The molecule has 35 heavy (non-hydrogen) atoms. The van der Waals surface area contributed by atoms with Crippen molar-refractivity contribution in [3.63, 3.8) is 0 Å². The second kappa shape index (κ2) is 11.6. The predicted octanol–water partition coefficient (Wildman–Crippen LogP) is 7.31. The topological polar surface area (TPSA) is 48.4 Å². The minimum absolute atomic E-state index is 0.272. The van der Waals surface area contributed by atoms with Gasteiger partial charge in [0.25, 0.3) is 0 Å². The Morgan fingerprint density at radius 2 is 1.80 bits per heavy atom. The van der Waals surface area contributed by atoms with E-state index in [4.69, 9.17) is 14.5 Å². The molecule has 1 saturated carbocycles. The van der Waals surface area contributed by atoms with Crippen LogP contribution in [0.25, 0.3) is 11.1 Å². The van der Waals surface area contributed by atoms with Crippen LogP contribution < -0.4 is 0 Å². The Morgan fingerprint density at radius 3 is 2.46 bits per heavy atom. The molecule has 0 N–H and O–H groups in total. The number of pyridine rings is 1. The van der Waals surface area contributed by atoms with E-state index in [1.165, 1.54) is 30.5 Å². The highest BCUT2D eigenvalue weighted by molar-refractivity contribution is 5.99. The number of halogens is 1. The maximum atomic E-state index is 13.8. The van der Waals surface area contributed by atoms with E-state index < -0.39 is 5.97 Å². The summed E-state index contributed by atoms with van der Waals surface area (Å²) in [4.78, 5) is 18.3. The standard InChI is InChI=1S/C30H34FNO3/c1-4-26-28(30(33)35-5-2)27(22-13-15-24(31)16-14-22)25(29(32-26)23-11-6-7-12-23)19-34-18-21-10-8-9-20(3)17-21/h8-10,13-17,23H,4-7,11-12,18-19H2,1-3H3. The van der Waals surface area contributed by atoms with Crippen LogP contribution in [0.4, 0.5) is 4.39 Å². The smallest absolute Gasteiger partial charge is 0.340 e. The van der Waals surface area contributed by atoms with Gasteiger partial charge in [0.2, 0.25) is 0 Å². The van der Waals surface area contributed by atoms with Gasteiger partial charge in [-0.05, 0) is 56.4 Å². The third-order valence-electron chi connectivity index (χ3n) is 6.69. The molecule has 0 amide bonds. The Balaban J connectivity index is 1.85. The van der Waals surface area contributed by atoms with Gasteiger partial charge < -0.3 is 9.47 Å². The summed E-state index contributed by atoms with van der Waals surface area (Å²) in [5, 5.41) is 0. The zero-order valence-corrected chi connectivity index (χ0v) is 20.9. The van der Waals surface area contributed by atoms with Gasteiger partial charge in [0.1, 0.15) is 5.82 Å². The van der Waals surface area contributed by atoms with Crippen LogP contribution in [0.15, 0.2) is 48.5 Å². The van der Waals surface area contributed by atoms with Crippen molar-refractivity contribution in [3.8, 4) is 11.1 Å². The van der Waals surface area contributed by atoms with Crippen molar-refractivity contribution in [1.29, 1.82) is 0 Å². The lowest BCUT2D eigenvalue weighted by atomic mass is 9.87. The van der Waals surface area contributed by atoms with Crippen LogP contribution in [-0.4, -0.2) is 17.6 Å². The highest BCUT2D eigenvalue weighted by atomic mass is 19.1. The third kappa shape index (κ3) is 5.79. The number of nitrogens with zero attached hydrogens (tertiary/aromatic N) is 1. The molecule has 3 aromatic rings. The van der Waals surface area contributed by atoms with E-state index in [-0.39, 0.29) is 12.4 Å². The Kier molecular flexibility index (Phi) is 8.29. The molecule has 2 aromatic carbocycles. The number of aromatic nitrogens is 1. The van der Waals surface area contributed by atoms with E-state index in [1.54, 1.807) is 19.1 Å². The van der Waals surface area contributed by atoms with Gasteiger partial charge in [-0.25, -0.2) is 9.18 Å². The van der Waals surface area contributed by atoms with E-state index in [1.807, 2.05) is 19.1 Å². The molecule has 0 atom stereocenters. The second-order valence-corrected chi connectivity index (χ2v) is 9.22. The zero-order valence-electron chi connectivity index (χ0n) is 20.9. The molecule has 0 spiro atoms. The molecule has 184 valence electrons. The van der Waals surface area contributed by atoms with Crippen LogP contribution in [0.5, 0.6) is 0 Å². The lowest BCUT2D eigenvalue weighted by Crippen LogP contribution is -2.17. The van der Waals surface area contributed by atoms with Crippen LogP contribution in [0.3, 0.4) is 0 Å². The first kappa shape index (κ1) is 25.1. The monoisotopic (exact) mass is 475 g/mol. The Bertz CT molecular complexity index is 1170. The fraction of sp³-hybridized carbons (Fsp3) is 0.400. The molecule has 1 aliphatic rings. The Labute approximate surface area is 207 Å². The average Bonchev–Trinajstić information content (AvgIpc) is 3.39. The lowest BCUT2D eigenvalue weighted by Gasteiger charge is -2.23. The van der Waals surface area contributed by atoms with Crippen molar-refractivity contribution < 1.29 is 18.7 Å². The molecule has 0 aliphatic heterocycles. The summed E-state index contributed by atoms with van der Waals surface area (Å²) in [5.74, 6) is -0.383. The fourth-order valence-corrected chi connectivity index (χ4v) is 5.06. The normalized spacial score (nSPS) is 13.8. The average molecular weight is 476 g/mol. The maximum absolute atomic E-state index is 13.8. The zero-order chi connectivity index (χ0) is 24.8. The van der Waals surface area contributed by atoms with Gasteiger partial charge in [0.05, 0.1) is 31.1 Å². The quantitative estimate of drug-likeness (QED) is 0.305. The second-order valence-electron chi connectivity index (χ2n) is 9.22. The van der Waals surface area contributed by atoms with Crippen molar-refractivity contribution in [2.45, 2.75) is 72.0 Å². The number of carbonyl (C=O) groups excluding carboxylic acids is 1. The molecule has 5 heteroatoms. The van der Waals surface area contributed by atoms with Crippen LogP contribution in [0, 0.1) is 12.7 Å². The minimum atomic E-state index is -0.394. The summed E-state index contributed by atoms with van der Waals surface area (Å²) in [7, 11) is 0. The van der Waals surface area contributed by atoms with Crippen molar-refractivity contribution >= 4 is 5.97 Å². The number of hydrogen-bond donors (Lipinski definition) is 0. The number of hydrogen-bond acceptors (Lipinski definition) is 4. The number of carbonyl (C=O) groups is 1. The molecule has 0 unspecified atom stereocenters. The van der Waals surface area contributed by atoms with E-state index in [0.717, 1.165) is 46.5 Å². The number of esters is 1. The predicted molar refractivity (Wildman–Crippen MR) is 136 cm³/mol. The Morgan fingerprint density at radius 1 is 1.06 bits per heavy atom. The highest BCUT2D eigenvalue weighted by Gasteiger charge is 2.30. The fourth-order valence-electron chi connectivity index (χ4n) is 5.06. The molecular formula is C30H34FNO3. The van der Waals surface area contributed by atoms with Gasteiger partial charge in [-0.2, -0.15) is 0 Å². The van der Waals surface area contributed by atoms with Gasteiger partial charge in [0.15, 0.2) is 0 Å². The number of ether oxygens (including phenoxy) is 2. The van der Waals surface area contributed by atoms with E-state index in [9.17, 15) is 9.18 Å². The van der Waals surface area contributed by atoms with Gasteiger partial charge in [-0.15, -0.1) is 0 Å². The maximum Gasteiger partial charge on any atom is 0.340 e. The van der Waals surface area contributed by atoms with Crippen molar-refractivity contribution in [2.75, 3.05) is 6.61 Å². The molecule has 0 saturated heterocycles. The van der Waals surface area contributed by atoms with E-state index in [0.29, 0.717) is 31.1 Å². The summed E-state index contributed by atoms with van der Waals surface area (Å²) < 4.78 is 25.6. The summed E-state index contributed by atoms with van der Waals surface area (Å²) in [6.07, 6.45) is 5.09. The van der Waals surface area contributed by atoms with Crippen LogP contribution in [0.1, 0.15) is 83.9 Å². The van der Waals surface area contributed by atoms with Crippen molar-refractivity contribution in [1.82, 2.24) is 4.98 Å². The van der Waals surface area contributed by atoms with E-state index in [2.05, 4.69) is 19.1 Å². The van der Waals surface area contributed by atoms with Crippen LogP contribution in [0.2, 0.25) is 0 Å². The van der Waals surface area contributed by atoms with Gasteiger partial charge >= 0.3 is 5.97 Å². The first-order chi connectivity index (χ1) is 17.0. The molecule has 1 aromatic heterocycles. The summed E-state index contributed by atoms with van der Waals surface area (Å²) >= 11 is 0.